The van der Waals surface area contributed by atoms with Crippen molar-refractivity contribution in [2.45, 2.75) is 57.7 Å². The summed E-state index contributed by atoms with van der Waals surface area (Å²) in [4.78, 5) is 7.06. The van der Waals surface area contributed by atoms with Gasteiger partial charge in [0, 0.05) is 46.5 Å². The summed E-state index contributed by atoms with van der Waals surface area (Å²) in [6.45, 7) is 8.27. The first-order valence-electron chi connectivity index (χ1n) is 9.59. The van der Waals surface area contributed by atoms with Gasteiger partial charge in [-0.1, -0.05) is 0 Å². The molecule has 1 N–H and O–H groups in total. The Morgan fingerprint density at radius 3 is 2.75 bits per heavy atom. The second-order valence-electron chi connectivity index (χ2n) is 6.59. The number of hydrogen-bond donors (Lipinski definition) is 1. The molecule has 1 atom stereocenters. The van der Waals surface area contributed by atoms with E-state index < -0.39 is 0 Å². The first-order chi connectivity index (χ1) is 11.8. The van der Waals surface area contributed by atoms with E-state index in [1.807, 2.05) is 0 Å². The third-order valence-corrected chi connectivity index (χ3v) is 4.64. The van der Waals surface area contributed by atoms with E-state index in [1.165, 1.54) is 12.8 Å². The lowest BCUT2D eigenvalue weighted by atomic mass is 10.1. The highest BCUT2D eigenvalue weighted by Gasteiger charge is 2.23. The van der Waals surface area contributed by atoms with Crippen LogP contribution in [-0.2, 0) is 14.2 Å². The van der Waals surface area contributed by atoms with Crippen molar-refractivity contribution in [3.05, 3.63) is 0 Å². The van der Waals surface area contributed by atoms with Gasteiger partial charge in [0.25, 0.3) is 0 Å². The van der Waals surface area contributed by atoms with Crippen molar-refractivity contribution in [2.24, 2.45) is 4.99 Å². The van der Waals surface area contributed by atoms with Crippen LogP contribution in [0.3, 0.4) is 0 Å². The van der Waals surface area contributed by atoms with Gasteiger partial charge < -0.3 is 24.4 Å². The molecule has 1 unspecified atom stereocenters. The zero-order valence-corrected chi connectivity index (χ0v) is 15.5. The van der Waals surface area contributed by atoms with Crippen molar-refractivity contribution in [1.29, 1.82) is 0 Å². The molecule has 0 amide bonds. The highest BCUT2D eigenvalue weighted by Crippen LogP contribution is 2.18. The summed E-state index contributed by atoms with van der Waals surface area (Å²) in [5.74, 6) is 1.03. The van der Waals surface area contributed by atoms with E-state index in [0.29, 0.717) is 12.2 Å². The monoisotopic (exact) mass is 341 g/mol. The molecule has 0 saturated carbocycles. The van der Waals surface area contributed by atoms with Crippen LogP contribution in [0.2, 0.25) is 0 Å². The number of methoxy groups -OCH3 is 1. The number of ether oxygens (including phenoxy) is 3. The van der Waals surface area contributed by atoms with Gasteiger partial charge in [-0.3, -0.25) is 4.99 Å². The Morgan fingerprint density at radius 2 is 2.08 bits per heavy atom. The van der Waals surface area contributed by atoms with Crippen LogP contribution >= 0.6 is 0 Å². The zero-order valence-electron chi connectivity index (χ0n) is 15.5. The van der Waals surface area contributed by atoms with Crippen LogP contribution in [-0.4, -0.2) is 76.2 Å². The molecule has 0 aromatic rings. The van der Waals surface area contributed by atoms with E-state index in [2.05, 4.69) is 17.1 Å². The van der Waals surface area contributed by atoms with Crippen molar-refractivity contribution in [1.82, 2.24) is 10.2 Å². The molecule has 0 aliphatic carbocycles. The molecule has 24 heavy (non-hydrogen) atoms. The summed E-state index contributed by atoms with van der Waals surface area (Å²) in [5, 5.41) is 3.40. The number of piperidine rings is 1. The Labute approximate surface area is 146 Å². The predicted molar refractivity (Wildman–Crippen MR) is 96.6 cm³/mol. The fourth-order valence-corrected chi connectivity index (χ4v) is 3.24. The van der Waals surface area contributed by atoms with Gasteiger partial charge >= 0.3 is 0 Å². The van der Waals surface area contributed by atoms with Gasteiger partial charge in [-0.2, -0.15) is 0 Å². The fourth-order valence-electron chi connectivity index (χ4n) is 3.24. The average molecular weight is 341 g/mol. The molecule has 0 spiro atoms. The van der Waals surface area contributed by atoms with Gasteiger partial charge in [0.05, 0.1) is 18.8 Å². The predicted octanol–water partition coefficient (Wildman–Crippen LogP) is 2.04. The van der Waals surface area contributed by atoms with E-state index in [9.17, 15) is 0 Å². The van der Waals surface area contributed by atoms with E-state index in [1.54, 1.807) is 7.11 Å². The maximum Gasteiger partial charge on any atom is 0.193 e. The second-order valence-corrected chi connectivity index (χ2v) is 6.59. The minimum absolute atomic E-state index is 0.316. The molecule has 0 radical (unpaired) electrons. The van der Waals surface area contributed by atoms with Crippen LogP contribution in [0.5, 0.6) is 0 Å². The Morgan fingerprint density at radius 1 is 1.25 bits per heavy atom. The first-order valence-corrected chi connectivity index (χ1v) is 9.59. The Kier molecular flexibility index (Phi) is 9.46. The molecule has 6 nitrogen and oxygen atoms in total. The summed E-state index contributed by atoms with van der Waals surface area (Å²) in [6.07, 6.45) is 7.40. The summed E-state index contributed by atoms with van der Waals surface area (Å²) < 4.78 is 16.9. The van der Waals surface area contributed by atoms with Gasteiger partial charge in [-0.25, -0.2) is 0 Å². The van der Waals surface area contributed by atoms with Crippen molar-refractivity contribution in [3.8, 4) is 0 Å². The number of aliphatic imine (C=N–C) groups is 1. The lowest BCUT2D eigenvalue weighted by Crippen LogP contribution is -2.47. The van der Waals surface area contributed by atoms with Crippen LogP contribution in [0.4, 0.5) is 0 Å². The Balaban J connectivity index is 1.68. The van der Waals surface area contributed by atoms with E-state index in [0.717, 1.165) is 77.6 Å². The van der Waals surface area contributed by atoms with Gasteiger partial charge in [-0.15, -0.1) is 0 Å². The number of nitrogens with one attached hydrogen (secondary N) is 1. The molecule has 2 heterocycles. The SMILES string of the molecule is CCNC(=NCCCOC)N1CCC(OCC2CCCCO2)CC1. The number of rotatable bonds is 8. The van der Waals surface area contributed by atoms with Crippen LogP contribution in [0.1, 0.15) is 45.4 Å². The fraction of sp³-hybridized carbons (Fsp3) is 0.944. The van der Waals surface area contributed by atoms with Gasteiger partial charge in [0.15, 0.2) is 5.96 Å². The van der Waals surface area contributed by atoms with Gasteiger partial charge in [0.1, 0.15) is 0 Å². The molecular weight excluding hydrogens is 306 g/mol. The topological polar surface area (TPSA) is 55.3 Å². The normalized spacial score (nSPS) is 23.5. The highest BCUT2D eigenvalue weighted by molar-refractivity contribution is 5.80. The molecule has 0 aromatic heterocycles. The smallest absolute Gasteiger partial charge is 0.193 e. The minimum atomic E-state index is 0.316. The number of guanidine groups is 1. The van der Waals surface area contributed by atoms with Crippen molar-refractivity contribution >= 4 is 5.96 Å². The highest BCUT2D eigenvalue weighted by atomic mass is 16.5. The van der Waals surface area contributed by atoms with Crippen LogP contribution in [0.25, 0.3) is 0 Å². The summed E-state index contributed by atoms with van der Waals surface area (Å²) in [6, 6.07) is 0. The quantitative estimate of drug-likeness (QED) is 0.416. The number of likely N-dealkylation sites (tertiary alicyclic amines) is 1. The number of nitrogens with zero attached hydrogens (tertiary/aromatic N) is 2. The van der Waals surface area contributed by atoms with E-state index in [4.69, 9.17) is 19.2 Å². The van der Waals surface area contributed by atoms with Gasteiger partial charge in [-0.05, 0) is 45.4 Å². The van der Waals surface area contributed by atoms with Crippen LogP contribution < -0.4 is 5.32 Å². The molecule has 2 aliphatic heterocycles. The van der Waals surface area contributed by atoms with Crippen molar-refractivity contribution in [3.63, 3.8) is 0 Å². The molecule has 0 bridgehead atoms. The maximum absolute atomic E-state index is 6.10. The standard InChI is InChI=1S/C18H35N3O3/c1-3-19-18(20-10-6-13-22-2)21-11-8-16(9-12-21)24-15-17-7-4-5-14-23-17/h16-17H,3-15H2,1-2H3,(H,19,20). The van der Waals surface area contributed by atoms with E-state index in [-0.39, 0.29) is 0 Å². The summed E-state index contributed by atoms with van der Waals surface area (Å²) in [5.41, 5.74) is 0. The first kappa shape index (κ1) is 19.5. The lowest BCUT2D eigenvalue weighted by molar-refractivity contribution is -0.0721. The van der Waals surface area contributed by atoms with Crippen molar-refractivity contribution in [2.75, 3.05) is 53.1 Å². The zero-order chi connectivity index (χ0) is 17.0. The molecule has 6 heteroatoms. The molecule has 2 fully saturated rings. The molecule has 2 saturated heterocycles. The lowest BCUT2D eigenvalue weighted by Gasteiger charge is -2.35. The third-order valence-electron chi connectivity index (χ3n) is 4.64. The minimum Gasteiger partial charge on any atom is -0.385 e. The molecular formula is C18H35N3O3. The van der Waals surface area contributed by atoms with E-state index >= 15 is 0 Å². The molecule has 140 valence electrons. The number of hydrogen-bond acceptors (Lipinski definition) is 4. The van der Waals surface area contributed by atoms with Crippen molar-refractivity contribution < 1.29 is 14.2 Å². The summed E-state index contributed by atoms with van der Waals surface area (Å²) in [7, 11) is 1.73. The van der Waals surface area contributed by atoms with Gasteiger partial charge in [0.2, 0.25) is 0 Å². The molecule has 2 rings (SSSR count). The molecule has 2 aliphatic rings. The van der Waals surface area contributed by atoms with Crippen LogP contribution in [0.15, 0.2) is 4.99 Å². The Hall–Kier alpha value is -0.850. The third kappa shape index (κ3) is 6.95. The Bertz CT molecular complexity index is 351. The summed E-state index contributed by atoms with van der Waals surface area (Å²) >= 11 is 0. The average Bonchev–Trinajstić information content (AvgIpc) is 2.64. The maximum atomic E-state index is 6.10. The molecule has 0 aromatic carbocycles. The van der Waals surface area contributed by atoms with Crippen LogP contribution in [0, 0.1) is 0 Å². The second kappa shape index (κ2) is 11.7. The largest absolute Gasteiger partial charge is 0.385 e.